The van der Waals surface area contributed by atoms with Crippen molar-refractivity contribution >= 4 is 50.6 Å². The van der Waals surface area contributed by atoms with E-state index in [9.17, 15) is 22.8 Å². The summed E-state index contributed by atoms with van der Waals surface area (Å²) in [6.45, 7) is -0.577. The van der Waals surface area contributed by atoms with Gasteiger partial charge in [-0.15, -0.1) is 0 Å². The highest BCUT2D eigenvalue weighted by atomic mass is 35.5. The highest BCUT2D eigenvalue weighted by Crippen LogP contribution is 2.19. The van der Waals surface area contributed by atoms with Crippen LogP contribution in [0.3, 0.4) is 0 Å². The number of rotatable bonds is 7. The smallest absolute Gasteiger partial charge is 0.340 e. The lowest BCUT2D eigenvalue weighted by atomic mass is 10.1. The zero-order valence-electron chi connectivity index (χ0n) is 17.4. The molecule has 8 nitrogen and oxygen atoms in total. The van der Waals surface area contributed by atoms with E-state index in [2.05, 4.69) is 10.6 Å². The number of hydrogen-bond donors (Lipinski definition) is 2. The van der Waals surface area contributed by atoms with E-state index < -0.39 is 34.2 Å². The fourth-order valence-corrected chi connectivity index (χ4v) is 3.51. The minimum Gasteiger partial charge on any atom is -0.452 e. The predicted molar refractivity (Wildman–Crippen MR) is 124 cm³/mol. The Hall–Kier alpha value is -3.69. The molecule has 2 N–H and O–H groups in total. The van der Waals surface area contributed by atoms with Crippen LogP contribution in [-0.4, -0.2) is 39.1 Å². The monoisotopic (exact) mass is 486 g/mol. The van der Waals surface area contributed by atoms with Gasteiger partial charge in [-0.25, -0.2) is 13.2 Å². The Morgan fingerprint density at radius 2 is 1.52 bits per heavy atom. The number of amides is 2. The van der Waals surface area contributed by atoms with Gasteiger partial charge in [0.25, 0.3) is 11.8 Å². The van der Waals surface area contributed by atoms with Gasteiger partial charge in [0.2, 0.25) is 0 Å². The first-order chi connectivity index (χ1) is 15.6. The second-order valence-electron chi connectivity index (χ2n) is 6.93. The Morgan fingerprint density at radius 1 is 0.879 bits per heavy atom. The fraction of sp³-hybridized carbons (Fsp3) is 0.0870. The number of halogens is 1. The van der Waals surface area contributed by atoms with Gasteiger partial charge in [-0.3, -0.25) is 9.59 Å². The third-order valence-corrected chi connectivity index (χ3v) is 5.78. The zero-order valence-corrected chi connectivity index (χ0v) is 18.9. The normalized spacial score (nSPS) is 10.8. The Bertz CT molecular complexity index is 1290. The summed E-state index contributed by atoms with van der Waals surface area (Å²) in [4.78, 5) is 37.2. The van der Waals surface area contributed by atoms with Crippen molar-refractivity contribution in [2.24, 2.45) is 0 Å². The SMILES string of the molecule is CS(=O)(=O)c1ccc(NC(=O)COC(=O)c2ccccc2NC(=O)c2ccc(Cl)cc2)cc1. The Morgan fingerprint density at radius 3 is 2.15 bits per heavy atom. The van der Waals surface area contributed by atoms with Gasteiger partial charge >= 0.3 is 5.97 Å². The van der Waals surface area contributed by atoms with Crippen molar-refractivity contribution in [3.05, 3.63) is 88.9 Å². The van der Waals surface area contributed by atoms with E-state index in [0.717, 1.165) is 6.26 Å². The maximum atomic E-state index is 12.5. The molecule has 0 heterocycles. The molecule has 3 rings (SSSR count). The van der Waals surface area contributed by atoms with Crippen LogP contribution in [0.1, 0.15) is 20.7 Å². The van der Waals surface area contributed by atoms with Crippen molar-refractivity contribution < 1.29 is 27.5 Å². The first-order valence-corrected chi connectivity index (χ1v) is 11.8. The van der Waals surface area contributed by atoms with Crippen LogP contribution in [0, 0.1) is 0 Å². The van der Waals surface area contributed by atoms with Gasteiger partial charge in [-0.2, -0.15) is 0 Å². The van der Waals surface area contributed by atoms with Crippen LogP contribution in [0.2, 0.25) is 5.02 Å². The lowest BCUT2D eigenvalue weighted by Crippen LogP contribution is -2.22. The number of anilines is 2. The van der Waals surface area contributed by atoms with Crippen LogP contribution in [0.25, 0.3) is 0 Å². The Labute approximate surface area is 195 Å². The van der Waals surface area contributed by atoms with Gasteiger partial charge in [-0.1, -0.05) is 23.7 Å². The maximum Gasteiger partial charge on any atom is 0.340 e. The fourth-order valence-electron chi connectivity index (χ4n) is 2.76. The Kier molecular flexibility index (Phi) is 7.47. The maximum absolute atomic E-state index is 12.5. The van der Waals surface area contributed by atoms with Crippen LogP contribution in [0.4, 0.5) is 11.4 Å². The molecular formula is C23H19ClN2O6S. The highest BCUT2D eigenvalue weighted by molar-refractivity contribution is 7.90. The van der Waals surface area contributed by atoms with Gasteiger partial charge in [0.05, 0.1) is 16.1 Å². The molecule has 0 saturated heterocycles. The molecule has 170 valence electrons. The van der Waals surface area contributed by atoms with Crippen molar-refractivity contribution in [1.29, 1.82) is 0 Å². The molecule has 0 radical (unpaired) electrons. The van der Waals surface area contributed by atoms with Gasteiger partial charge in [0, 0.05) is 22.5 Å². The number of carbonyl (C=O) groups is 3. The van der Waals surface area contributed by atoms with Crippen molar-refractivity contribution in [2.75, 3.05) is 23.5 Å². The molecule has 0 atom stereocenters. The zero-order chi connectivity index (χ0) is 24.0. The standard InChI is InChI=1S/C23H19ClN2O6S/c1-33(30,31)18-12-10-17(11-13-18)25-21(27)14-32-23(29)19-4-2-3-5-20(19)26-22(28)15-6-8-16(24)9-7-15/h2-13H,14H2,1H3,(H,25,27)(H,26,28). The quantitative estimate of drug-likeness (QED) is 0.490. The van der Waals surface area contributed by atoms with E-state index >= 15 is 0 Å². The summed E-state index contributed by atoms with van der Waals surface area (Å²) in [7, 11) is -3.35. The van der Waals surface area contributed by atoms with Crippen LogP contribution in [0.15, 0.2) is 77.7 Å². The molecule has 0 aromatic heterocycles. The van der Waals surface area contributed by atoms with Crippen LogP contribution < -0.4 is 10.6 Å². The number of hydrogen-bond acceptors (Lipinski definition) is 6. The molecule has 0 fully saturated rings. The summed E-state index contributed by atoms with van der Waals surface area (Å²) < 4.78 is 28.0. The molecule has 3 aromatic rings. The van der Waals surface area contributed by atoms with Crippen LogP contribution >= 0.6 is 11.6 Å². The van der Waals surface area contributed by atoms with Crippen molar-refractivity contribution in [3.63, 3.8) is 0 Å². The van der Waals surface area contributed by atoms with Gasteiger partial charge < -0.3 is 15.4 Å². The largest absolute Gasteiger partial charge is 0.452 e. The molecule has 0 bridgehead atoms. The van der Waals surface area contributed by atoms with E-state index in [0.29, 0.717) is 16.3 Å². The number of para-hydroxylation sites is 1. The number of nitrogens with one attached hydrogen (secondary N) is 2. The average Bonchev–Trinajstić information content (AvgIpc) is 2.78. The molecular weight excluding hydrogens is 468 g/mol. The van der Waals surface area contributed by atoms with E-state index in [-0.39, 0.29) is 16.1 Å². The number of benzene rings is 3. The van der Waals surface area contributed by atoms with Crippen molar-refractivity contribution in [1.82, 2.24) is 0 Å². The third-order valence-electron chi connectivity index (χ3n) is 4.40. The first-order valence-electron chi connectivity index (χ1n) is 9.56. The highest BCUT2D eigenvalue weighted by Gasteiger charge is 2.17. The van der Waals surface area contributed by atoms with E-state index in [1.807, 2.05) is 0 Å². The second kappa shape index (κ2) is 10.3. The summed E-state index contributed by atoms with van der Waals surface area (Å²) >= 11 is 5.83. The van der Waals surface area contributed by atoms with E-state index in [4.69, 9.17) is 16.3 Å². The third kappa shape index (κ3) is 6.64. The molecule has 3 aromatic carbocycles. The molecule has 0 aliphatic carbocycles. The van der Waals surface area contributed by atoms with E-state index in [1.165, 1.54) is 36.4 Å². The molecule has 33 heavy (non-hydrogen) atoms. The summed E-state index contributed by atoms with van der Waals surface area (Å²) in [5.41, 5.74) is 0.993. The summed E-state index contributed by atoms with van der Waals surface area (Å²) in [6.07, 6.45) is 1.08. The predicted octanol–water partition coefficient (Wildman–Crippen LogP) is 3.79. The summed E-state index contributed by atoms with van der Waals surface area (Å²) in [5, 5.41) is 5.63. The van der Waals surface area contributed by atoms with E-state index in [1.54, 1.807) is 36.4 Å². The van der Waals surface area contributed by atoms with Gasteiger partial charge in [-0.05, 0) is 60.7 Å². The minimum absolute atomic E-state index is 0.0742. The molecule has 0 saturated carbocycles. The van der Waals surface area contributed by atoms with Crippen molar-refractivity contribution in [3.8, 4) is 0 Å². The van der Waals surface area contributed by atoms with Gasteiger partial charge in [0.1, 0.15) is 0 Å². The Balaban J connectivity index is 1.61. The molecule has 0 unspecified atom stereocenters. The lowest BCUT2D eigenvalue weighted by molar-refractivity contribution is -0.119. The van der Waals surface area contributed by atoms with Crippen LogP contribution in [-0.2, 0) is 19.4 Å². The average molecular weight is 487 g/mol. The number of esters is 1. The second-order valence-corrected chi connectivity index (χ2v) is 9.38. The molecule has 0 aliphatic rings. The molecule has 10 heteroatoms. The number of ether oxygens (including phenoxy) is 1. The van der Waals surface area contributed by atoms with Gasteiger partial charge in [0.15, 0.2) is 16.4 Å². The molecule has 2 amide bonds. The number of sulfone groups is 1. The molecule has 0 spiro atoms. The van der Waals surface area contributed by atoms with Crippen LogP contribution in [0.5, 0.6) is 0 Å². The number of carbonyl (C=O) groups excluding carboxylic acids is 3. The first kappa shape index (κ1) is 24.0. The lowest BCUT2D eigenvalue weighted by Gasteiger charge is -2.11. The minimum atomic E-state index is -3.35. The summed E-state index contributed by atoms with van der Waals surface area (Å²) in [6, 6.07) is 18.0. The van der Waals surface area contributed by atoms with Crippen molar-refractivity contribution in [2.45, 2.75) is 4.90 Å². The molecule has 0 aliphatic heterocycles. The summed E-state index contributed by atoms with van der Waals surface area (Å²) in [5.74, 6) is -1.86. The topological polar surface area (TPSA) is 119 Å².